The minimum Gasteiger partial charge on any atom is -0.503 e. The minimum atomic E-state index is -0.654. The number of ketones is 1. The molecule has 2 atom stereocenters. The van der Waals surface area contributed by atoms with Crippen molar-refractivity contribution in [2.24, 2.45) is 0 Å². The summed E-state index contributed by atoms with van der Waals surface area (Å²) in [5.74, 6) is -0.269. The maximum absolute atomic E-state index is 13.6. The van der Waals surface area contributed by atoms with Crippen molar-refractivity contribution in [1.82, 2.24) is 5.32 Å². The highest BCUT2D eigenvalue weighted by Crippen LogP contribution is 2.48. The third-order valence-electron chi connectivity index (χ3n) is 6.42. The molecule has 1 heterocycles. The van der Waals surface area contributed by atoms with Gasteiger partial charge < -0.3 is 24.6 Å². The Labute approximate surface area is 206 Å². The predicted octanol–water partition coefficient (Wildman–Crippen LogP) is 4.71. The van der Waals surface area contributed by atoms with Gasteiger partial charge in [0, 0.05) is 29.3 Å². The number of benzene rings is 2. The van der Waals surface area contributed by atoms with Crippen LogP contribution in [0, 0.1) is 0 Å². The maximum Gasteiger partial charge on any atom is 0.336 e. The normalized spacial score (nSPS) is 20.0. The first-order valence-electron chi connectivity index (χ1n) is 10.8. The van der Waals surface area contributed by atoms with Gasteiger partial charge in [0.1, 0.15) is 5.75 Å². The van der Waals surface area contributed by atoms with Gasteiger partial charge in [-0.25, -0.2) is 4.79 Å². The number of hydrogen-bond acceptors (Lipinski definition) is 7. The molecule has 0 fully saturated rings. The summed E-state index contributed by atoms with van der Waals surface area (Å²) in [5, 5.41) is 13.6. The van der Waals surface area contributed by atoms with Gasteiger partial charge >= 0.3 is 5.97 Å². The number of Topliss-reactive ketones (excluding diaryl/α,β-unsaturated/α-hetero) is 1. The van der Waals surface area contributed by atoms with E-state index in [9.17, 15) is 14.7 Å². The Bertz CT molecular complexity index is 1210. The molecular weight excluding hydrogens is 502 g/mol. The van der Waals surface area contributed by atoms with Crippen LogP contribution >= 0.6 is 15.9 Å². The lowest BCUT2D eigenvalue weighted by molar-refractivity contribution is -0.136. The van der Waals surface area contributed by atoms with Gasteiger partial charge in [-0.05, 0) is 70.6 Å². The molecule has 34 heavy (non-hydrogen) atoms. The number of rotatable bonds is 5. The van der Waals surface area contributed by atoms with Crippen LogP contribution < -0.4 is 14.8 Å². The van der Waals surface area contributed by atoms with Crippen LogP contribution in [0.15, 0.2) is 63.4 Å². The van der Waals surface area contributed by atoms with E-state index in [0.29, 0.717) is 39.7 Å². The molecule has 2 unspecified atom stereocenters. The number of carbonyl (C=O) groups excluding carboxylic acids is 2. The first kappa shape index (κ1) is 23.9. The fraction of sp³-hybridized carbons (Fsp3) is 0.308. The van der Waals surface area contributed by atoms with Crippen LogP contribution in [0.5, 0.6) is 17.2 Å². The molecule has 178 valence electrons. The summed E-state index contributed by atoms with van der Waals surface area (Å²) in [5.41, 5.74) is 4.00. The van der Waals surface area contributed by atoms with E-state index in [-0.39, 0.29) is 23.2 Å². The third kappa shape index (κ3) is 4.18. The van der Waals surface area contributed by atoms with Crippen molar-refractivity contribution in [3.05, 3.63) is 74.5 Å². The monoisotopic (exact) mass is 527 g/mol. The number of hydrogen-bond donors (Lipinski definition) is 2. The molecule has 0 aromatic heterocycles. The van der Waals surface area contributed by atoms with Crippen molar-refractivity contribution in [2.75, 3.05) is 21.3 Å². The Morgan fingerprint density at radius 3 is 2.38 bits per heavy atom. The van der Waals surface area contributed by atoms with Crippen LogP contribution in [0.1, 0.15) is 42.7 Å². The maximum atomic E-state index is 13.6. The van der Waals surface area contributed by atoms with Gasteiger partial charge in [-0.3, -0.25) is 4.79 Å². The number of phenolic OH excluding ortho intramolecular Hbond substituents is 1. The van der Waals surface area contributed by atoms with Crippen molar-refractivity contribution in [2.45, 2.75) is 31.6 Å². The summed E-state index contributed by atoms with van der Waals surface area (Å²) in [6, 6.07) is 11.1. The number of dihydropyridines is 1. The summed E-state index contributed by atoms with van der Waals surface area (Å²) < 4.78 is 16.1. The highest BCUT2D eigenvalue weighted by molar-refractivity contribution is 9.10. The topological polar surface area (TPSA) is 94.1 Å². The first-order valence-corrected chi connectivity index (χ1v) is 11.6. The van der Waals surface area contributed by atoms with Gasteiger partial charge in [-0.1, -0.05) is 12.1 Å². The SMILES string of the molecule is COC(=O)C1=C(C)NC2=C(C(=O)CC(c3ccc(OC)cc3)C2)C1c1cc(Br)c(O)c(OC)c1. The van der Waals surface area contributed by atoms with E-state index in [2.05, 4.69) is 21.2 Å². The van der Waals surface area contributed by atoms with Gasteiger partial charge in [0.2, 0.25) is 0 Å². The molecule has 1 aliphatic heterocycles. The number of esters is 1. The van der Waals surface area contributed by atoms with E-state index < -0.39 is 11.9 Å². The minimum absolute atomic E-state index is 0.00104. The molecule has 0 saturated carbocycles. The van der Waals surface area contributed by atoms with E-state index in [4.69, 9.17) is 14.2 Å². The fourth-order valence-electron chi connectivity index (χ4n) is 4.78. The van der Waals surface area contributed by atoms with Crippen molar-refractivity contribution in [3.63, 3.8) is 0 Å². The van der Waals surface area contributed by atoms with Crippen LogP contribution in [0.2, 0.25) is 0 Å². The van der Waals surface area contributed by atoms with E-state index >= 15 is 0 Å². The lowest BCUT2D eigenvalue weighted by Crippen LogP contribution is -2.36. The standard InChI is InChI=1S/C26H26BrNO6/c1-13-22(26(31)34-4)23(16-9-18(27)25(30)21(12-16)33-3)24-19(28-13)10-15(11-20(24)29)14-5-7-17(32-2)8-6-14/h5-9,12,15,23,28,30H,10-11H2,1-4H3. The van der Waals surface area contributed by atoms with E-state index in [0.717, 1.165) is 17.0 Å². The number of methoxy groups -OCH3 is 3. The molecule has 2 aromatic carbocycles. The van der Waals surface area contributed by atoms with Crippen molar-refractivity contribution in [1.29, 1.82) is 0 Å². The predicted molar refractivity (Wildman–Crippen MR) is 130 cm³/mol. The number of nitrogens with one attached hydrogen (secondary N) is 1. The molecule has 0 bridgehead atoms. The van der Waals surface area contributed by atoms with Gasteiger partial charge in [-0.2, -0.15) is 0 Å². The summed E-state index contributed by atoms with van der Waals surface area (Å²) in [4.78, 5) is 26.4. The Balaban J connectivity index is 1.83. The van der Waals surface area contributed by atoms with Crippen molar-refractivity contribution < 1.29 is 28.9 Å². The molecule has 0 amide bonds. The summed E-state index contributed by atoms with van der Waals surface area (Å²) in [6.45, 7) is 1.80. The summed E-state index contributed by atoms with van der Waals surface area (Å²) >= 11 is 3.36. The second-order valence-electron chi connectivity index (χ2n) is 8.34. The van der Waals surface area contributed by atoms with Gasteiger partial charge in [0.15, 0.2) is 17.3 Å². The molecule has 2 aromatic rings. The van der Waals surface area contributed by atoms with E-state index in [1.165, 1.54) is 14.2 Å². The van der Waals surface area contributed by atoms with Crippen LogP contribution in [-0.2, 0) is 14.3 Å². The molecular formula is C26H26BrNO6. The molecule has 0 radical (unpaired) electrons. The van der Waals surface area contributed by atoms with Crippen LogP contribution in [-0.4, -0.2) is 38.2 Å². The van der Waals surface area contributed by atoms with Crippen LogP contribution in [0.3, 0.4) is 0 Å². The molecule has 0 spiro atoms. The number of phenols is 1. The Morgan fingerprint density at radius 1 is 1.06 bits per heavy atom. The number of aromatic hydroxyl groups is 1. The quantitative estimate of drug-likeness (QED) is 0.543. The van der Waals surface area contributed by atoms with Gasteiger partial charge in [0.05, 0.1) is 31.4 Å². The Kier molecular flexibility index (Phi) is 6.70. The zero-order chi connectivity index (χ0) is 24.6. The molecule has 7 nitrogen and oxygen atoms in total. The number of carbonyl (C=O) groups is 2. The van der Waals surface area contributed by atoms with E-state index in [1.807, 2.05) is 24.3 Å². The first-order chi connectivity index (χ1) is 16.3. The van der Waals surface area contributed by atoms with Crippen LogP contribution in [0.25, 0.3) is 0 Å². The Hall–Kier alpha value is -3.26. The smallest absolute Gasteiger partial charge is 0.336 e. The highest BCUT2D eigenvalue weighted by atomic mass is 79.9. The lowest BCUT2D eigenvalue weighted by Gasteiger charge is -2.36. The third-order valence-corrected chi connectivity index (χ3v) is 7.03. The van der Waals surface area contributed by atoms with E-state index in [1.54, 1.807) is 26.2 Å². The molecule has 8 heteroatoms. The van der Waals surface area contributed by atoms with Gasteiger partial charge in [0.25, 0.3) is 0 Å². The fourth-order valence-corrected chi connectivity index (χ4v) is 5.24. The number of halogens is 1. The summed E-state index contributed by atoms with van der Waals surface area (Å²) in [7, 11) is 4.39. The lowest BCUT2D eigenvalue weighted by atomic mass is 9.71. The summed E-state index contributed by atoms with van der Waals surface area (Å²) in [6.07, 6.45) is 0.930. The zero-order valence-corrected chi connectivity index (χ0v) is 21.0. The number of ether oxygens (including phenoxy) is 3. The molecule has 1 aliphatic carbocycles. The average molecular weight is 528 g/mol. The molecule has 2 N–H and O–H groups in total. The largest absolute Gasteiger partial charge is 0.503 e. The molecule has 4 rings (SSSR count). The molecule has 0 saturated heterocycles. The Morgan fingerprint density at radius 2 is 1.76 bits per heavy atom. The van der Waals surface area contributed by atoms with Gasteiger partial charge in [-0.15, -0.1) is 0 Å². The van der Waals surface area contributed by atoms with Crippen molar-refractivity contribution >= 4 is 27.7 Å². The van der Waals surface area contributed by atoms with Crippen molar-refractivity contribution in [3.8, 4) is 17.2 Å². The second-order valence-corrected chi connectivity index (χ2v) is 9.19. The number of allylic oxidation sites excluding steroid dienone is 3. The zero-order valence-electron chi connectivity index (χ0n) is 19.4. The highest BCUT2D eigenvalue weighted by Gasteiger charge is 2.41. The molecule has 2 aliphatic rings. The van der Waals surface area contributed by atoms with Crippen LogP contribution in [0.4, 0.5) is 0 Å². The average Bonchev–Trinajstić information content (AvgIpc) is 2.84. The second kappa shape index (κ2) is 9.54.